The summed E-state index contributed by atoms with van der Waals surface area (Å²) < 4.78 is 38.4. The molecule has 1 saturated heterocycles. The zero-order valence-electron chi connectivity index (χ0n) is 17.7. The molecule has 1 aromatic carbocycles. The van der Waals surface area contributed by atoms with Gasteiger partial charge in [-0.05, 0) is 43.9 Å². The molecule has 1 aliphatic heterocycles. The Morgan fingerprint density at radius 3 is 2.73 bits per heavy atom. The maximum Gasteiger partial charge on any atom is 0.416 e. The number of carbonyl (C=O) groups is 1. The number of piperidine rings is 1. The van der Waals surface area contributed by atoms with Gasteiger partial charge in [0.15, 0.2) is 0 Å². The van der Waals surface area contributed by atoms with Crippen LogP contribution in [0.25, 0.3) is 10.6 Å². The first kappa shape index (κ1) is 24.0. The van der Waals surface area contributed by atoms with Crippen LogP contribution in [-0.2, 0) is 16.7 Å². The zero-order chi connectivity index (χ0) is 23.8. The number of hydrogen-bond donors (Lipinski definition) is 1. The number of hydrogen-bond acceptors (Lipinski definition) is 6. The quantitative estimate of drug-likeness (QED) is 0.522. The normalized spacial score (nSPS) is 23.3. The summed E-state index contributed by atoms with van der Waals surface area (Å²) in [6, 6.07) is 4.48. The molecule has 0 spiro atoms. The Bertz CT molecular complexity index is 1080. The molecule has 0 radical (unpaired) electrons. The van der Waals surface area contributed by atoms with Crippen LogP contribution in [0.4, 0.5) is 13.2 Å². The average Bonchev–Trinajstić information content (AvgIpc) is 3.14. The highest BCUT2D eigenvalue weighted by atomic mass is 32.2. The maximum atomic E-state index is 12.8. The molecule has 5 nitrogen and oxygen atoms in total. The Morgan fingerprint density at radius 1 is 1.33 bits per heavy atom. The highest BCUT2D eigenvalue weighted by molar-refractivity contribution is 8.02. The van der Waals surface area contributed by atoms with Crippen LogP contribution in [0.15, 0.2) is 47.4 Å². The predicted molar refractivity (Wildman–Crippen MR) is 124 cm³/mol. The lowest BCUT2D eigenvalue weighted by atomic mass is 9.77. The average molecular weight is 496 g/mol. The second-order valence-corrected chi connectivity index (χ2v) is 10.3. The number of hydroxylamine groups is 2. The molecule has 0 saturated carbocycles. The molecule has 3 unspecified atom stereocenters. The SMILES string of the molecule is Cc1nc(-c2ccc(C(F)(F)F)cc2)sc1CSC1=CC2CCN([O-])C(CC(=O)O)C2C=C1. The van der Waals surface area contributed by atoms with Gasteiger partial charge in [0, 0.05) is 27.1 Å². The number of halogens is 3. The molecule has 10 heteroatoms. The van der Waals surface area contributed by atoms with Crippen molar-refractivity contribution in [2.45, 2.75) is 37.7 Å². The highest BCUT2D eigenvalue weighted by Gasteiger charge is 2.35. The number of aryl methyl sites for hydroxylation is 1. The second kappa shape index (κ2) is 9.61. The Kier molecular flexibility index (Phi) is 6.99. The first-order valence-corrected chi connectivity index (χ1v) is 12.2. The van der Waals surface area contributed by atoms with E-state index in [9.17, 15) is 23.2 Å². The minimum Gasteiger partial charge on any atom is -0.785 e. The number of alkyl halides is 3. The van der Waals surface area contributed by atoms with Crippen LogP contribution in [0.1, 0.15) is 29.0 Å². The molecule has 3 atom stereocenters. The number of thioether (sulfide) groups is 1. The summed E-state index contributed by atoms with van der Waals surface area (Å²) in [5.41, 5.74) is 0.820. The van der Waals surface area contributed by atoms with Crippen LogP contribution in [0.3, 0.4) is 0 Å². The van der Waals surface area contributed by atoms with E-state index >= 15 is 0 Å². The van der Waals surface area contributed by atoms with E-state index in [4.69, 9.17) is 5.11 Å². The Balaban J connectivity index is 1.42. The van der Waals surface area contributed by atoms with Crippen molar-refractivity contribution in [2.75, 3.05) is 6.54 Å². The fourth-order valence-corrected chi connectivity index (χ4v) is 6.43. The Morgan fingerprint density at radius 2 is 2.06 bits per heavy atom. The molecule has 0 amide bonds. The number of rotatable bonds is 6. The smallest absolute Gasteiger partial charge is 0.416 e. The number of benzene rings is 1. The maximum absolute atomic E-state index is 12.8. The van der Waals surface area contributed by atoms with Crippen molar-refractivity contribution in [1.29, 1.82) is 0 Å². The molecule has 1 aliphatic carbocycles. The number of fused-ring (bicyclic) bond motifs is 1. The summed E-state index contributed by atoms with van der Waals surface area (Å²) in [5.74, 6) is -0.266. The van der Waals surface area contributed by atoms with Crippen LogP contribution in [0.5, 0.6) is 0 Å². The van der Waals surface area contributed by atoms with E-state index in [0.717, 1.165) is 32.7 Å². The van der Waals surface area contributed by atoms with Gasteiger partial charge in [-0.15, -0.1) is 23.1 Å². The minimum absolute atomic E-state index is 0.104. The van der Waals surface area contributed by atoms with E-state index in [1.165, 1.54) is 23.5 Å². The molecule has 2 aromatic rings. The fraction of sp³-hybridized carbons (Fsp3) is 0.391. The lowest BCUT2D eigenvalue weighted by Gasteiger charge is -2.48. The predicted octanol–water partition coefficient (Wildman–Crippen LogP) is 6.10. The van der Waals surface area contributed by atoms with Gasteiger partial charge in [-0.3, -0.25) is 4.79 Å². The summed E-state index contributed by atoms with van der Waals surface area (Å²) in [7, 11) is 0. The number of nitrogens with zero attached hydrogens (tertiary/aromatic N) is 2. The summed E-state index contributed by atoms with van der Waals surface area (Å²) in [6.07, 6.45) is 2.20. The van der Waals surface area contributed by atoms with Gasteiger partial charge in [0.25, 0.3) is 0 Å². The van der Waals surface area contributed by atoms with Crippen molar-refractivity contribution in [3.63, 3.8) is 0 Å². The summed E-state index contributed by atoms with van der Waals surface area (Å²) in [6.45, 7) is 2.22. The molecule has 2 aliphatic rings. The van der Waals surface area contributed by atoms with Crippen LogP contribution in [0, 0.1) is 24.0 Å². The molecular formula is C23H22F3N2O3S2-. The molecular weight excluding hydrogens is 473 g/mol. The fourth-order valence-electron chi connectivity index (χ4n) is 4.20. The minimum atomic E-state index is -4.36. The van der Waals surface area contributed by atoms with Gasteiger partial charge in [0.05, 0.1) is 17.7 Å². The standard InChI is InChI=1S/C23H22F3N2O3S2/c1-13-20(33-22(27-13)14-2-4-16(5-3-14)23(24,25)26)12-32-17-6-7-18-15(10-17)8-9-28(31)19(18)11-21(29)30/h2-7,10,15,18-19H,8-9,11-12H2,1H3,(H,29,30)/q-1. The van der Waals surface area contributed by atoms with Crippen LogP contribution in [0.2, 0.25) is 0 Å². The van der Waals surface area contributed by atoms with Gasteiger partial charge in [0.2, 0.25) is 0 Å². The van der Waals surface area contributed by atoms with Crippen LogP contribution in [-0.4, -0.2) is 33.7 Å². The van der Waals surface area contributed by atoms with Gasteiger partial charge in [-0.2, -0.15) is 13.2 Å². The first-order chi connectivity index (χ1) is 15.6. The van der Waals surface area contributed by atoms with E-state index in [2.05, 4.69) is 11.1 Å². The lowest BCUT2D eigenvalue weighted by Crippen LogP contribution is -2.46. The number of thiazole rings is 1. The molecule has 2 heterocycles. The van der Waals surface area contributed by atoms with Gasteiger partial charge in [-0.25, -0.2) is 4.98 Å². The van der Waals surface area contributed by atoms with Crippen LogP contribution >= 0.6 is 23.1 Å². The zero-order valence-corrected chi connectivity index (χ0v) is 19.3. The van der Waals surface area contributed by atoms with Crippen molar-refractivity contribution in [3.8, 4) is 10.6 Å². The number of carboxylic acid groups (broad SMARTS) is 1. The van der Waals surface area contributed by atoms with Gasteiger partial charge in [-0.1, -0.05) is 30.4 Å². The molecule has 1 fully saturated rings. The molecule has 1 N–H and O–H groups in total. The van der Waals surface area contributed by atoms with Crippen molar-refractivity contribution in [1.82, 2.24) is 10.0 Å². The number of allylic oxidation sites excluding steroid dienone is 2. The molecule has 1 aromatic heterocycles. The number of aromatic nitrogens is 1. The second-order valence-electron chi connectivity index (χ2n) is 8.16. The lowest BCUT2D eigenvalue weighted by molar-refractivity contribution is -0.139. The first-order valence-electron chi connectivity index (χ1n) is 10.4. The van der Waals surface area contributed by atoms with Crippen LogP contribution < -0.4 is 0 Å². The van der Waals surface area contributed by atoms with Crippen molar-refractivity contribution < 1.29 is 23.1 Å². The Hall–Kier alpha value is -2.14. The topological polar surface area (TPSA) is 76.5 Å². The van der Waals surface area contributed by atoms with Gasteiger partial charge in [0.1, 0.15) is 5.01 Å². The van der Waals surface area contributed by atoms with E-state index < -0.39 is 23.8 Å². The van der Waals surface area contributed by atoms with Gasteiger partial charge < -0.3 is 15.4 Å². The molecule has 33 heavy (non-hydrogen) atoms. The third kappa shape index (κ3) is 5.51. The van der Waals surface area contributed by atoms with Gasteiger partial charge >= 0.3 is 12.1 Å². The molecule has 4 rings (SSSR count). The van der Waals surface area contributed by atoms with Crippen molar-refractivity contribution in [3.05, 3.63) is 68.7 Å². The third-order valence-electron chi connectivity index (χ3n) is 5.96. The Labute approximate surface area is 197 Å². The number of carboxylic acids is 1. The van der Waals surface area contributed by atoms with E-state index in [1.54, 1.807) is 11.8 Å². The van der Waals surface area contributed by atoms with E-state index in [0.29, 0.717) is 29.3 Å². The molecule has 0 bridgehead atoms. The van der Waals surface area contributed by atoms with E-state index in [1.807, 2.05) is 19.1 Å². The summed E-state index contributed by atoms with van der Waals surface area (Å²) in [5, 5.41) is 22.8. The summed E-state index contributed by atoms with van der Waals surface area (Å²) >= 11 is 3.11. The van der Waals surface area contributed by atoms with Crippen molar-refractivity contribution >= 4 is 29.1 Å². The third-order valence-corrected chi connectivity index (χ3v) is 8.39. The summed E-state index contributed by atoms with van der Waals surface area (Å²) in [4.78, 5) is 17.8. The monoisotopic (exact) mass is 495 g/mol. The van der Waals surface area contributed by atoms with Crippen molar-refractivity contribution in [2.24, 2.45) is 11.8 Å². The van der Waals surface area contributed by atoms with E-state index in [-0.39, 0.29) is 18.3 Å². The molecule has 176 valence electrons. The highest BCUT2D eigenvalue weighted by Crippen LogP contribution is 2.40. The largest absolute Gasteiger partial charge is 0.785 e. The number of aliphatic carboxylic acids is 1.